The summed E-state index contributed by atoms with van der Waals surface area (Å²) in [6.45, 7) is -0.319. The summed E-state index contributed by atoms with van der Waals surface area (Å²) in [5.41, 5.74) is -0.181. The molecule has 2 atom stereocenters. The zero-order chi connectivity index (χ0) is 22.3. The van der Waals surface area contributed by atoms with Gasteiger partial charge in [-0.1, -0.05) is 29.3 Å². The van der Waals surface area contributed by atoms with Crippen molar-refractivity contribution in [1.29, 1.82) is 0 Å². The lowest BCUT2D eigenvalue weighted by Gasteiger charge is -2.41. The summed E-state index contributed by atoms with van der Waals surface area (Å²) < 4.78 is 30.3. The minimum Gasteiger partial charge on any atom is -0.504 e. The van der Waals surface area contributed by atoms with Gasteiger partial charge >= 0.3 is 6.03 Å². The Labute approximate surface area is 189 Å². The second kappa shape index (κ2) is 8.33. The Hall–Kier alpha value is -1.29. The van der Waals surface area contributed by atoms with Crippen molar-refractivity contribution in [3.05, 3.63) is 28.3 Å². The lowest BCUT2D eigenvalue weighted by molar-refractivity contribution is 0.189. The van der Waals surface area contributed by atoms with Crippen LogP contribution in [-0.2, 0) is 14.6 Å². The Kier molecular flexibility index (Phi) is 6.50. The molecule has 3 rings (SSSR count). The van der Waals surface area contributed by atoms with Crippen molar-refractivity contribution in [2.45, 2.75) is 40.1 Å². The van der Waals surface area contributed by atoms with E-state index in [0.29, 0.717) is 11.5 Å². The normalized spacial score (nSPS) is 24.5. The van der Waals surface area contributed by atoms with E-state index >= 15 is 0 Å². The molecule has 1 fully saturated rings. The van der Waals surface area contributed by atoms with Gasteiger partial charge in [0.1, 0.15) is 4.90 Å². The van der Waals surface area contributed by atoms with E-state index in [1.807, 2.05) is 0 Å². The van der Waals surface area contributed by atoms with Gasteiger partial charge in [0, 0.05) is 11.6 Å². The second-order valence-electron chi connectivity index (χ2n) is 7.32. The van der Waals surface area contributed by atoms with Crippen LogP contribution in [0.25, 0.3) is 0 Å². The minimum atomic E-state index is -4.49. The van der Waals surface area contributed by atoms with Crippen LogP contribution in [0.2, 0.25) is 10.1 Å². The van der Waals surface area contributed by atoms with Crippen molar-refractivity contribution < 1.29 is 23.1 Å². The molecule has 6 radical (unpaired) electrons. The molecule has 0 spiro atoms. The van der Waals surface area contributed by atoms with E-state index in [9.17, 15) is 18.3 Å². The SMILES string of the molecule is [B]C([B])([B])C1(S(=O)(=O)c2c(Cl)ccc(NC(=O)N[C@@H]3CCC=C3Cl)c2O)CCOC1. The first kappa shape index (κ1) is 23.4. The summed E-state index contributed by atoms with van der Waals surface area (Å²) in [6, 6.07) is 1.44. The minimum absolute atomic E-state index is 0.0565. The predicted octanol–water partition coefficient (Wildman–Crippen LogP) is 1.96. The second-order valence-corrected chi connectivity index (χ2v) is 10.4. The van der Waals surface area contributed by atoms with Crippen LogP contribution in [0, 0.1) is 0 Å². The zero-order valence-corrected chi connectivity index (χ0v) is 18.1. The van der Waals surface area contributed by atoms with E-state index in [-0.39, 0.29) is 36.4 Å². The third-order valence-electron chi connectivity index (χ3n) is 5.32. The fourth-order valence-corrected chi connectivity index (χ4v) is 6.42. The van der Waals surface area contributed by atoms with Gasteiger partial charge in [0.15, 0.2) is 15.6 Å². The van der Waals surface area contributed by atoms with Crippen molar-refractivity contribution in [2.75, 3.05) is 18.5 Å². The molecule has 0 bridgehead atoms. The molecule has 1 heterocycles. The molecule has 3 N–H and O–H groups in total. The molecule has 1 saturated heterocycles. The largest absolute Gasteiger partial charge is 0.504 e. The van der Waals surface area contributed by atoms with Crippen LogP contribution in [0.3, 0.4) is 0 Å². The number of nitrogens with one attached hydrogen (secondary N) is 2. The van der Waals surface area contributed by atoms with Crippen LogP contribution in [0.4, 0.5) is 10.5 Å². The van der Waals surface area contributed by atoms with Crippen LogP contribution < -0.4 is 10.6 Å². The highest BCUT2D eigenvalue weighted by Crippen LogP contribution is 2.50. The van der Waals surface area contributed by atoms with E-state index in [1.165, 1.54) is 12.1 Å². The molecule has 1 aliphatic heterocycles. The number of allylic oxidation sites excluding steroid dienone is 1. The maximum absolute atomic E-state index is 13.5. The molecule has 1 aliphatic carbocycles. The summed E-state index contributed by atoms with van der Waals surface area (Å²) in [6.07, 6.45) is 3.05. The van der Waals surface area contributed by atoms with E-state index in [2.05, 4.69) is 10.6 Å². The van der Waals surface area contributed by atoms with Crippen molar-refractivity contribution in [1.82, 2.24) is 5.32 Å². The van der Waals surface area contributed by atoms with Crippen molar-refractivity contribution in [3.63, 3.8) is 0 Å². The number of carbonyl (C=O) groups excluding carboxylic acids is 1. The summed E-state index contributed by atoms with van der Waals surface area (Å²) in [4.78, 5) is 11.7. The third kappa shape index (κ3) is 3.97. The number of benzene rings is 1. The zero-order valence-electron chi connectivity index (χ0n) is 15.8. The molecular weight excluding hydrogens is 448 g/mol. The Morgan fingerprint density at radius 1 is 1.30 bits per heavy atom. The maximum atomic E-state index is 13.5. The summed E-state index contributed by atoms with van der Waals surface area (Å²) in [7, 11) is 12.9. The van der Waals surface area contributed by atoms with Gasteiger partial charge in [-0.2, -0.15) is 0 Å². The summed E-state index contributed by atoms with van der Waals surface area (Å²) in [5.74, 6) is -0.763. The van der Waals surface area contributed by atoms with E-state index in [0.717, 1.165) is 6.42 Å². The first-order valence-electron chi connectivity index (χ1n) is 9.04. The van der Waals surface area contributed by atoms with Crippen LogP contribution in [0.5, 0.6) is 5.75 Å². The van der Waals surface area contributed by atoms with Crippen LogP contribution in [-0.4, -0.2) is 67.1 Å². The standard InChI is InChI=1S/C17H17B3Cl2N2O5S/c18-17(19,20)16(6-7-29-8-16)30(27,28)14-10(22)4-5-12(13(14)25)24-15(26)23-11-3-1-2-9(11)21/h2,4-5,11,25H,1,3,6-8H2,(H2,23,24,26)/t11-,16?/m1/s1. The summed E-state index contributed by atoms with van der Waals surface area (Å²) >= 11 is 12.1. The van der Waals surface area contributed by atoms with Gasteiger partial charge < -0.3 is 20.5 Å². The first-order valence-corrected chi connectivity index (χ1v) is 11.3. The summed E-state index contributed by atoms with van der Waals surface area (Å²) in [5, 5.41) is 13.8. The van der Waals surface area contributed by atoms with Gasteiger partial charge in [-0.15, -0.1) is 5.11 Å². The smallest absolute Gasteiger partial charge is 0.319 e. The number of halogens is 2. The predicted molar refractivity (Wildman–Crippen MR) is 118 cm³/mol. The molecule has 7 nitrogen and oxygen atoms in total. The van der Waals surface area contributed by atoms with Gasteiger partial charge in [-0.25, -0.2) is 13.2 Å². The average molecular weight is 465 g/mol. The average Bonchev–Trinajstić information content (AvgIpc) is 3.28. The quantitative estimate of drug-likeness (QED) is 0.456. The van der Waals surface area contributed by atoms with E-state index < -0.39 is 36.4 Å². The molecule has 1 aromatic rings. The highest BCUT2D eigenvalue weighted by molar-refractivity contribution is 7.93. The number of phenols is 1. The van der Waals surface area contributed by atoms with Crippen LogP contribution in [0.1, 0.15) is 19.3 Å². The van der Waals surface area contributed by atoms with Gasteiger partial charge in [-0.05, 0) is 31.4 Å². The number of rotatable bonds is 5. The number of ether oxygens (including phenoxy) is 1. The number of hydrogen-bond donors (Lipinski definition) is 3. The third-order valence-corrected chi connectivity index (χ3v) is 8.82. The van der Waals surface area contributed by atoms with Crippen molar-refractivity contribution >= 4 is 68.3 Å². The Morgan fingerprint density at radius 2 is 2.00 bits per heavy atom. The highest BCUT2D eigenvalue weighted by atomic mass is 35.5. The van der Waals surface area contributed by atoms with Crippen LogP contribution >= 0.6 is 23.2 Å². The van der Waals surface area contributed by atoms with Crippen molar-refractivity contribution in [3.8, 4) is 5.75 Å². The highest BCUT2D eigenvalue weighted by Gasteiger charge is 2.55. The number of aromatic hydroxyl groups is 1. The molecule has 13 heteroatoms. The molecular formula is C17H17B3Cl2N2O5S. The number of urea groups is 1. The topological polar surface area (TPSA) is 105 Å². The molecule has 2 amide bonds. The lowest BCUT2D eigenvalue weighted by Crippen LogP contribution is -2.51. The fraction of sp³-hybridized carbons (Fsp3) is 0.471. The number of carbonyl (C=O) groups is 1. The monoisotopic (exact) mass is 464 g/mol. The van der Waals surface area contributed by atoms with Crippen LogP contribution in [0.15, 0.2) is 28.1 Å². The van der Waals surface area contributed by atoms with E-state index in [4.69, 9.17) is 51.5 Å². The van der Waals surface area contributed by atoms with Crippen molar-refractivity contribution in [2.24, 2.45) is 0 Å². The van der Waals surface area contributed by atoms with Gasteiger partial charge in [0.25, 0.3) is 0 Å². The number of phenolic OH excluding ortho intramolecular Hbond substituents is 1. The lowest BCUT2D eigenvalue weighted by atomic mass is 9.37. The Balaban J connectivity index is 1.96. The maximum Gasteiger partial charge on any atom is 0.319 e. The first-order chi connectivity index (χ1) is 13.9. The number of anilines is 1. The number of hydrogen-bond acceptors (Lipinski definition) is 5. The number of sulfone groups is 1. The molecule has 1 unspecified atom stereocenters. The molecule has 0 saturated carbocycles. The molecule has 0 aromatic heterocycles. The molecule has 1 aromatic carbocycles. The molecule has 30 heavy (non-hydrogen) atoms. The Morgan fingerprint density at radius 3 is 2.53 bits per heavy atom. The Bertz CT molecular complexity index is 992. The van der Waals surface area contributed by atoms with E-state index in [1.54, 1.807) is 6.08 Å². The molecule has 2 aliphatic rings. The van der Waals surface area contributed by atoms with Gasteiger partial charge in [0.2, 0.25) is 0 Å². The number of amides is 2. The molecule has 154 valence electrons. The fourth-order valence-electron chi connectivity index (χ4n) is 3.56. The van der Waals surface area contributed by atoms with Gasteiger partial charge in [0.05, 0.1) is 51.6 Å². The van der Waals surface area contributed by atoms with Gasteiger partial charge in [-0.3, -0.25) is 0 Å².